The molecule has 8 nitrogen and oxygen atoms in total. The maximum absolute atomic E-state index is 11.7. The average Bonchev–Trinajstić information content (AvgIpc) is 3.41. The Morgan fingerprint density at radius 2 is 2.07 bits per heavy atom. The summed E-state index contributed by atoms with van der Waals surface area (Å²) in [7, 11) is 1.72. The van der Waals surface area contributed by atoms with E-state index in [1.807, 2.05) is 6.07 Å². The molecule has 1 heterocycles. The highest BCUT2D eigenvalue weighted by molar-refractivity contribution is 5.79. The van der Waals surface area contributed by atoms with E-state index >= 15 is 0 Å². The third-order valence-electron chi connectivity index (χ3n) is 4.89. The second-order valence-electron chi connectivity index (χ2n) is 6.85. The number of carbonyl (C=O) groups is 1. The van der Waals surface area contributed by atoms with Gasteiger partial charge in [0.25, 0.3) is 0 Å². The standard InChI is InChI=1S/C19H33N5O3/c1-5-13(6-2)16-10-15(27-24-16)11-21-18(20-4)22-12-17(14-8-9-14)23-19(25)26-7-3/h10,13-14,17H,5-9,11-12H2,1-4H3,(H,23,25)(H2,20,21,22). The largest absolute Gasteiger partial charge is 0.450 e. The minimum atomic E-state index is -0.366. The van der Waals surface area contributed by atoms with E-state index in [1.165, 1.54) is 0 Å². The van der Waals surface area contributed by atoms with E-state index in [9.17, 15) is 4.79 Å². The van der Waals surface area contributed by atoms with Crippen LogP contribution in [0.15, 0.2) is 15.6 Å². The first-order valence-corrected chi connectivity index (χ1v) is 9.94. The van der Waals surface area contributed by atoms with Crippen molar-refractivity contribution in [2.45, 2.75) is 65.0 Å². The Hall–Kier alpha value is -2.25. The Bertz CT molecular complexity index is 608. The van der Waals surface area contributed by atoms with E-state index in [2.05, 4.69) is 39.9 Å². The molecule has 8 heteroatoms. The van der Waals surface area contributed by atoms with Crippen molar-refractivity contribution in [3.8, 4) is 0 Å². The van der Waals surface area contributed by atoms with Gasteiger partial charge in [-0.05, 0) is 38.5 Å². The predicted molar refractivity (Wildman–Crippen MR) is 105 cm³/mol. The quantitative estimate of drug-likeness (QED) is 0.427. The highest BCUT2D eigenvalue weighted by Gasteiger charge is 2.32. The second kappa shape index (κ2) is 10.8. The topological polar surface area (TPSA) is 101 Å². The molecule has 0 aliphatic heterocycles. The van der Waals surface area contributed by atoms with Gasteiger partial charge < -0.3 is 25.2 Å². The molecule has 3 N–H and O–H groups in total. The van der Waals surface area contributed by atoms with E-state index in [0.29, 0.717) is 37.5 Å². The number of aliphatic imine (C=N–C) groups is 1. The number of guanidine groups is 1. The van der Waals surface area contributed by atoms with Gasteiger partial charge in [0.05, 0.1) is 24.9 Å². The molecule has 1 unspecified atom stereocenters. The summed E-state index contributed by atoms with van der Waals surface area (Å²) in [5, 5.41) is 13.6. The Morgan fingerprint density at radius 3 is 2.67 bits per heavy atom. The average molecular weight is 380 g/mol. The molecule has 27 heavy (non-hydrogen) atoms. The number of carbonyl (C=O) groups excluding carboxylic acids is 1. The van der Waals surface area contributed by atoms with Gasteiger partial charge in [-0.15, -0.1) is 0 Å². The summed E-state index contributed by atoms with van der Waals surface area (Å²) in [5.74, 6) is 2.38. The molecule has 1 aromatic rings. The van der Waals surface area contributed by atoms with Gasteiger partial charge in [-0.3, -0.25) is 4.99 Å². The Labute approximate surface area is 161 Å². The van der Waals surface area contributed by atoms with Crippen molar-refractivity contribution in [2.75, 3.05) is 20.2 Å². The number of aromatic nitrogens is 1. The molecule has 0 bridgehead atoms. The summed E-state index contributed by atoms with van der Waals surface area (Å²) in [6, 6.07) is 2.04. The summed E-state index contributed by atoms with van der Waals surface area (Å²) >= 11 is 0. The number of ether oxygens (including phenoxy) is 1. The molecule has 1 fully saturated rings. The van der Waals surface area contributed by atoms with Gasteiger partial charge in [0.2, 0.25) is 0 Å². The molecular formula is C19H33N5O3. The number of amides is 1. The third-order valence-corrected chi connectivity index (χ3v) is 4.89. The van der Waals surface area contributed by atoms with Gasteiger partial charge in [-0.25, -0.2) is 4.79 Å². The number of nitrogens with zero attached hydrogens (tertiary/aromatic N) is 2. The molecule has 1 atom stereocenters. The highest BCUT2D eigenvalue weighted by atomic mass is 16.5. The predicted octanol–water partition coefficient (Wildman–Crippen LogP) is 2.77. The van der Waals surface area contributed by atoms with Crippen molar-refractivity contribution in [2.24, 2.45) is 10.9 Å². The van der Waals surface area contributed by atoms with Gasteiger partial charge >= 0.3 is 6.09 Å². The van der Waals surface area contributed by atoms with Crippen LogP contribution in [0.1, 0.15) is 63.8 Å². The molecule has 0 spiro atoms. The molecule has 1 amide bonds. The lowest BCUT2D eigenvalue weighted by Crippen LogP contribution is -2.48. The van der Waals surface area contributed by atoms with Gasteiger partial charge in [0, 0.05) is 25.6 Å². The molecule has 0 saturated heterocycles. The zero-order chi connectivity index (χ0) is 19.6. The number of hydrogen-bond acceptors (Lipinski definition) is 5. The Morgan fingerprint density at radius 1 is 1.33 bits per heavy atom. The normalized spacial score (nSPS) is 15.5. The van der Waals surface area contributed by atoms with Crippen LogP contribution in [-0.4, -0.2) is 43.5 Å². The molecule has 0 radical (unpaired) electrons. The van der Waals surface area contributed by atoms with Crippen LogP contribution in [0.25, 0.3) is 0 Å². The van der Waals surface area contributed by atoms with E-state index in [0.717, 1.165) is 37.1 Å². The summed E-state index contributed by atoms with van der Waals surface area (Å²) < 4.78 is 10.4. The zero-order valence-electron chi connectivity index (χ0n) is 16.9. The molecule has 1 aromatic heterocycles. The molecule has 152 valence electrons. The van der Waals surface area contributed by atoms with Crippen molar-refractivity contribution >= 4 is 12.1 Å². The first kappa shape index (κ1) is 21.1. The van der Waals surface area contributed by atoms with Crippen LogP contribution >= 0.6 is 0 Å². The molecule has 1 saturated carbocycles. The SMILES string of the molecule is CCOC(=O)NC(CNC(=NC)NCc1cc(C(CC)CC)no1)C1CC1. The molecule has 1 aliphatic rings. The summed E-state index contributed by atoms with van der Waals surface area (Å²) in [4.78, 5) is 15.9. The fourth-order valence-corrected chi connectivity index (χ4v) is 3.07. The van der Waals surface area contributed by atoms with E-state index in [1.54, 1.807) is 14.0 Å². The van der Waals surface area contributed by atoms with Crippen molar-refractivity contribution in [1.82, 2.24) is 21.1 Å². The monoisotopic (exact) mass is 379 g/mol. The number of alkyl carbamates (subject to hydrolysis) is 1. The van der Waals surface area contributed by atoms with Gasteiger partial charge in [0.15, 0.2) is 11.7 Å². The lowest BCUT2D eigenvalue weighted by Gasteiger charge is -2.20. The van der Waals surface area contributed by atoms with Crippen molar-refractivity contribution in [1.29, 1.82) is 0 Å². The Balaban J connectivity index is 1.80. The molecular weight excluding hydrogens is 346 g/mol. The maximum Gasteiger partial charge on any atom is 0.407 e. The van der Waals surface area contributed by atoms with Crippen molar-refractivity contribution in [3.63, 3.8) is 0 Å². The van der Waals surface area contributed by atoms with Crippen LogP contribution in [0.4, 0.5) is 4.79 Å². The zero-order valence-corrected chi connectivity index (χ0v) is 16.9. The van der Waals surface area contributed by atoms with Crippen LogP contribution in [-0.2, 0) is 11.3 Å². The van der Waals surface area contributed by atoms with Gasteiger partial charge in [0.1, 0.15) is 0 Å². The van der Waals surface area contributed by atoms with Crippen LogP contribution in [0, 0.1) is 5.92 Å². The van der Waals surface area contributed by atoms with Crippen molar-refractivity contribution in [3.05, 3.63) is 17.5 Å². The van der Waals surface area contributed by atoms with Crippen LogP contribution in [0.5, 0.6) is 0 Å². The summed E-state index contributed by atoms with van der Waals surface area (Å²) in [6.45, 7) is 7.59. The van der Waals surface area contributed by atoms with E-state index < -0.39 is 0 Å². The minimum Gasteiger partial charge on any atom is -0.450 e. The fourth-order valence-electron chi connectivity index (χ4n) is 3.07. The van der Waals surface area contributed by atoms with E-state index in [4.69, 9.17) is 9.26 Å². The Kier molecular flexibility index (Phi) is 8.42. The lowest BCUT2D eigenvalue weighted by molar-refractivity contribution is 0.146. The molecule has 1 aliphatic carbocycles. The number of nitrogens with one attached hydrogen (secondary N) is 3. The molecule has 2 rings (SSSR count). The third kappa shape index (κ3) is 6.77. The fraction of sp³-hybridized carbons (Fsp3) is 0.737. The highest BCUT2D eigenvalue weighted by Crippen LogP contribution is 2.32. The molecule has 0 aromatic carbocycles. The smallest absolute Gasteiger partial charge is 0.407 e. The van der Waals surface area contributed by atoms with Crippen LogP contribution in [0.2, 0.25) is 0 Å². The first-order valence-electron chi connectivity index (χ1n) is 9.94. The van der Waals surface area contributed by atoms with Crippen LogP contribution in [0.3, 0.4) is 0 Å². The number of rotatable bonds is 10. The van der Waals surface area contributed by atoms with Gasteiger partial charge in [-0.2, -0.15) is 0 Å². The number of hydrogen-bond donors (Lipinski definition) is 3. The summed E-state index contributed by atoms with van der Waals surface area (Å²) in [5.41, 5.74) is 1.01. The first-order chi connectivity index (χ1) is 13.1. The van der Waals surface area contributed by atoms with Crippen LogP contribution < -0.4 is 16.0 Å². The minimum absolute atomic E-state index is 0.0364. The maximum atomic E-state index is 11.7. The second-order valence-corrected chi connectivity index (χ2v) is 6.85. The lowest BCUT2D eigenvalue weighted by atomic mass is 9.99. The van der Waals surface area contributed by atoms with E-state index in [-0.39, 0.29) is 12.1 Å². The van der Waals surface area contributed by atoms with Crippen molar-refractivity contribution < 1.29 is 14.1 Å². The summed E-state index contributed by atoms with van der Waals surface area (Å²) in [6.07, 6.45) is 3.99. The van der Waals surface area contributed by atoms with Gasteiger partial charge in [-0.1, -0.05) is 19.0 Å².